The van der Waals surface area contributed by atoms with Gasteiger partial charge in [-0.2, -0.15) is 0 Å². The molecule has 0 aliphatic heterocycles. The van der Waals surface area contributed by atoms with Gasteiger partial charge in [-0.05, 0) is 25.0 Å². The van der Waals surface area contributed by atoms with Crippen LogP contribution in [0, 0.1) is 5.82 Å². The highest BCUT2D eigenvalue weighted by atomic mass is 35.5. The molecule has 0 radical (unpaired) electrons. The number of hydrogen-bond acceptors (Lipinski definition) is 2. The van der Waals surface area contributed by atoms with E-state index in [0.717, 1.165) is 19.3 Å². The Kier molecular flexibility index (Phi) is 5.42. The summed E-state index contributed by atoms with van der Waals surface area (Å²) in [6.45, 7) is 0. The van der Waals surface area contributed by atoms with Gasteiger partial charge >= 0.3 is 0 Å². The first-order valence-electron chi connectivity index (χ1n) is 6.55. The molecular weight excluding hydrogens is 360 g/mol. The van der Waals surface area contributed by atoms with E-state index < -0.39 is 26.4 Å². The summed E-state index contributed by atoms with van der Waals surface area (Å²) < 4.78 is 41.3. The van der Waals surface area contributed by atoms with Gasteiger partial charge < -0.3 is 0 Å². The van der Waals surface area contributed by atoms with Crippen molar-refractivity contribution in [2.75, 3.05) is 5.88 Å². The van der Waals surface area contributed by atoms with E-state index in [0.29, 0.717) is 12.8 Å². The van der Waals surface area contributed by atoms with Gasteiger partial charge in [0, 0.05) is 11.4 Å². The van der Waals surface area contributed by atoms with Crippen LogP contribution in [0.3, 0.4) is 0 Å². The van der Waals surface area contributed by atoms with E-state index in [1.165, 1.54) is 12.1 Å². The summed E-state index contributed by atoms with van der Waals surface area (Å²) in [5, 5.41) is -0.723. The van der Waals surface area contributed by atoms with Crippen molar-refractivity contribution in [1.82, 2.24) is 4.72 Å². The molecule has 0 unspecified atom stereocenters. The van der Waals surface area contributed by atoms with Crippen LogP contribution in [-0.2, 0) is 10.0 Å². The summed E-state index contributed by atoms with van der Waals surface area (Å²) in [4.78, 5) is -0.318. The SMILES string of the molecule is O=S(=O)(NC1(CCl)CCCCC1)c1ccc(Cl)c(F)c1Cl. The summed E-state index contributed by atoms with van der Waals surface area (Å²) in [7, 11) is -3.97. The van der Waals surface area contributed by atoms with Crippen LogP contribution >= 0.6 is 34.8 Å². The van der Waals surface area contributed by atoms with Gasteiger partial charge in [0.05, 0.1) is 10.0 Å². The van der Waals surface area contributed by atoms with E-state index in [9.17, 15) is 12.8 Å². The third-order valence-electron chi connectivity index (χ3n) is 3.71. The van der Waals surface area contributed by atoms with E-state index in [2.05, 4.69) is 4.72 Å². The molecule has 0 aromatic heterocycles. The van der Waals surface area contributed by atoms with Crippen molar-refractivity contribution < 1.29 is 12.8 Å². The largest absolute Gasteiger partial charge is 0.242 e. The number of benzene rings is 1. The molecule has 21 heavy (non-hydrogen) atoms. The Morgan fingerprint density at radius 3 is 2.38 bits per heavy atom. The molecule has 1 aromatic rings. The number of rotatable bonds is 4. The van der Waals surface area contributed by atoms with Gasteiger partial charge in [0.15, 0.2) is 5.82 Å². The van der Waals surface area contributed by atoms with Gasteiger partial charge in [0.25, 0.3) is 0 Å². The second-order valence-corrected chi connectivity index (χ2v) is 7.96. The minimum absolute atomic E-state index is 0.167. The van der Waals surface area contributed by atoms with Crippen molar-refractivity contribution >= 4 is 44.8 Å². The molecule has 0 amide bonds. The molecule has 0 spiro atoms. The fourth-order valence-electron chi connectivity index (χ4n) is 2.55. The minimum atomic E-state index is -3.97. The summed E-state index contributed by atoms with van der Waals surface area (Å²) in [6, 6.07) is 2.37. The molecule has 8 heteroatoms. The van der Waals surface area contributed by atoms with E-state index >= 15 is 0 Å². The highest BCUT2D eigenvalue weighted by Gasteiger charge is 2.36. The van der Waals surface area contributed by atoms with Gasteiger partial charge in [-0.3, -0.25) is 0 Å². The predicted octanol–water partition coefficient (Wildman–Crippen LogP) is 4.35. The maximum atomic E-state index is 13.7. The quantitative estimate of drug-likeness (QED) is 0.629. The van der Waals surface area contributed by atoms with Gasteiger partial charge in [-0.25, -0.2) is 17.5 Å². The van der Waals surface area contributed by atoms with E-state index in [1.54, 1.807) is 0 Å². The van der Waals surface area contributed by atoms with Crippen LogP contribution in [0.5, 0.6) is 0 Å². The average Bonchev–Trinajstić information content (AvgIpc) is 2.45. The van der Waals surface area contributed by atoms with Crippen LogP contribution in [0.4, 0.5) is 4.39 Å². The zero-order valence-electron chi connectivity index (χ0n) is 11.1. The Balaban J connectivity index is 2.36. The monoisotopic (exact) mass is 373 g/mol. The Hall–Kier alpha value is -0.0700. The lowest BCUT2D eigenvalue weighted by Crippen LogP contribution is -2.51. The highest BCUT2D eigenvalue weighted by molar-refractivity contribution is 7.89. The Morgan fingerprint density at radius 2 is 1.81 bits per heavy atom. The van der Waals surface area contributed by atoms with Crippen molar-refractivity contribution in [2.45, 2.75) is 42.5 Å². The normalized spacial score (nSPS) is 18.7. The fourth-order valence-corrected chi connectivity index (χ4v) is 5.16. The fraction of sp³-hybridized carbons (Fsp3) is 0.538. The lowest BCUT2D eigenvalue weighted by Gasteiger charge is -2.36. The molecule has 1 N–H and O–H groups in total. The summed E-state index contributed by atoms with van der Waals surface area (Å²) in [5.74, 6) is -0.773. The van der Waals surface area contributed by atoms with Crippen LogP contribution in [0.1, 0.15) is 32.1 Å². The van der Waals surface area contributed by atoms with Crippen LogP contribution in [0.25, 0.3) is 0 Å². The van der Waals surface area contributed by atoms with Crippen molar-refractivity contribution in [3.05, 3.63) is 28.0 Å². The smallest absolute Gasteiger partial charge is 0.207 e. The topological polar surface area (TPSA) is 46.2 Å². The molecule has 2 rings (SSSR count). The van der Waals surface area contributed by atoms with Gasteiger partial charge in [-0.15, -0.1) is 11.6 Å². The Bertz CT molecular complexity index is 631. The molecule has 3 nitrogen and oxygen atoms in total. The van der Waals surface area contributed by atoms with Crippen LogP contribution in [0.2, 0.25) is 10.0 Å². The van der Waals surface area contributed by atoms with E-state index in [-0.39, 0.29) is 15.8 Å². The third kappa shape index (κ3) is 3.64. The van der Waals surface area contributed by atoms with E-state index in [1.807, 2.05) is 0 Å². The maximum Gasteiger partial charge on any atom is 0.242 e. The average molecular weight is 375 g/mol. The van der Waals surface area contributed by atoms with Crippen LogP contribution in [0.15, 0.2) is 17.0 Å². The highest BCUT2D eigenvalue weighted by Crippen LogP contribution is 2.34. The molecule has 1 saturated carbocycles. The summed E-state index contributed by atoms with van der Waals surface area (Å²) >= 11 is 17.3. The van der Waals surface area contributed by atoms with Crippen molar-refractivity contribution in [1.29, 1.82) is 0 Å². The molecule has 118 valence electrons. The number of hydrogen-bond donors (Lipinski definition) is 1. The number of nitrogens with one attached hydrogen (secondary N) is 1. The molecule has 1 aliphatic rings. The minimum Gasteiger partial charge on any atom is -0.207 e. The van der Waals surface area contributed by atoms with Gasteiger partial charge in [-0.1, -0.05) is 42.5 Å². The Labute approximate surface area is 138 Å². The molecule has 0 bridgehead atoms. The lowest BCUT2D eigenvalue weighted by atomic mass is 9.84. The molecule has 1 aliphatic carbocycles. The third-order valence-corrected chi connectivity index (χ3v) is 6.61. The summed E-state index contributed by atoms with van der Waals surface area (Å²) in [6.07, 6.45) is 4.17. The van der Waals surface area contributed by atoms with Crippen molar-refractivity contribution in [3.63, 3.8) is 0 Å². The van der Waals surface area contributed by atoms with Gasteiger partial charge in [0.2, 0.25) is 10.0 Å². The van der Waals surface area contributed by atoms with Crippen LogP contribution < -0.4 is 4.72 Å². The second kappa shape index (κ2) is 6.59. The molecule has 0 heterocycles. The van der Waals surface area contributed by atoms with Crippen molar-refractivity contribution in [2.24, 2.45) is 0 Å². The first-order valence-corrected chi connectivity index (χ1v) is 9.32. The number of alkyl halides is 1. The second-order valence-electron chi connectivity index (χ2n) is 5.25. The summed E-state index contributed by atoms with van der Waals surface area (Å²) in [5.41, 5.74) is -0.696. The molecular formula is C13H15Cl3FNO2S. The molecule has 0 atom stereocenters. The van der Waals surface area contributed by atoms with Crippen molar-refractivity contribution in [3.8, 4) is 0 Å². The first-order chi connectivity index (χ1) is 9.81. The zero-order chi connectivity index (χ0) is 15.7. The maximum absolute atomic E-state index is 13.7. The predicted molar refractivity (Wildman–Crippen MR) is 83.3 cm³/mol. The van der Waals surface area contributed by atoms with E-state index in [4.69, 9.17) is 34.8 Å². The number of sulfonamides is 1. The number of halogens is 4. The van der Waals surface area contributed by atoms with Gasteiger partial charge in [0.1, 0.15) is 4.90 Å². The van der Waals surface area contributed by atoms with Crippen LogP contribution in [-0.4, -0.2) is 19.8 Å². The molecule has 1 fully saturated rings. The lowest BCUT2D eigenvalue weighted by molar-refractivity contribution is 0.298. The molecule has 1 aromatic carbocycles. The zero-order valence-corrected chi connectivity index (χ0v) is 14.2. The Morgan fingerprint density at radius 1 is 1.19 bits per heavy atom. The molecule has 0 saturated heterocycles. The first kappa shape index (κ1) is 17.3. The standard InChI is InChI=1S/C13H15Cl3FNO2S/c14-8-13(6-2-1-3-7-13)18-21(19,20)10-5-4-9(15)12(17)11(10)16/h4-5,18H,1-3,6-8H2.